The van der Waals surface area contributed by atoms with E-state index in [4.69, 9.17) is 0 Å². The molecule has 2 rings (SSSR count). The second kappa shape index (κ2) is 7.82. The Hall–Kier alpha value is -2.05. The molecule has 0 radical (unpaired) electrons. The Labute approximate surface area is 130 Å². The first-order chi connectivity index (χ1) is 10.6. The molecule has 3 amide bonds. The predicted molar refractivity (Wildman–Crippen MR) is 83.7 cm³/mol. The Kier molecular flexibility index (Phi) is 5.80. The van der Waals surface area contributed by atoms with Gasteiger partial charge in [0.2, 0.25) is 0 Å². The summed E-state index contributed by atoms with van der Waals surface area (Å²) in [6, 6.07) is 1.87. The highest BCUT2D eigenvalue weighted by molar-refractivity contribution is 5.92. The molecule has 122 valence electrons. The Balaban J connectivity index is 1.62. The van der Waals surface area contributed by atoms with Crippen molar-refractivity contribution in [1.82, 2.24) is 25.7 Å². The molecule has 22 heavy (non-hydrogen) atoms. The topological polar surface area (TPSA) is 88.1 Å². The standard InChI is InChI=1S/C15H25N5O2/c1-11-10-13(19-20(11)2)14(21)16-8-9-17-15(22)18-12-6-4-3-5-7-12/h10,12H,3-9H2,1-2H3,(H,16,21)(H2,17,18,22). The van der Waals surface area contributed by atoms with Crippen molar-refractivity contribution in [3.05, 3.63) is 17.5 Å². The third kappa shape index (κ3) is 4.75. The molecule has 3 N–H and O–H groups in total. The minimum absolute atomic E-state index is 0.158. The molecule has 0 bridgehead atoms. The Morgan fingerprint density at radius 3 is 2.55 bits per heavy atom. The maximum Gasteiger partial charge on any atom is 0.315 e. The van der Waals surface area contributed by atoms with Crippen molar-refractivity contribution in [3.8, 4) is 0 Å². The first kappa shape index (κ1) is 16.3. The average Bonchev–Trinajstić information content (AvgIpc) is 2.84. The van der Waals surface area contributed by atoms with Crippen LogP contribution in [-0.2, 0) is 7.05 Å². The molecule has 7 nitrogen and oxygen atoms in total. The number of urea groups is 1. The molecule has 1 aliphatic rings. The fourth-order valence-electron chi connectivity index (χ4n) is 2.60. The van der Waals surface area contributed by atoms with Crippen LogP contribution in [0, 0.1) is 6.92 Å². The van der Waals surface area contributed by atoms with Crippen molar-refractivity contribution in [1.29, 1.82) is 0 Å². The molecule has 1 saturated carbocycles. The van der Waals surface area contributed by atoms with E-state index in [9.17, 15) is 9.59 Å². The van der Waals surface area contributed by atoms with E-state index in [1.165, 1.54) is 19.3 Å². The lowest BCUT2D eigenvalue weighted by molar-refractivity contribution is 0.0948. The van der Waals surface area contributed by atoms with Crippen molar-refractivity contribution in [2.24, 2.45) is 7.05 Å². The average molecular weight is 307 g/mol. The number of aromatic nitrogens is 2. The van der Waals surface area contributed by atoms with Crippen LogP contribution < -0.4 is 16.0 Å². The van der Waals surface area contributed by atoms with Crippen LogP contribution >= 0.6 is 0 Å². The zero-order valence-electron chi connectivity index (χ0n) is 13.3. The maximum atomic E-state index is 11.9. The van der Waals surface area contributed by atoms with Gasteiger partial charge >= 0.3 is 6.03 Å². The van der Waals surface area contributed by atoms with Gasteiger partial charge in [-0.3, -0.25) is 9.48 Å². The number of hydrogen-bond donors (Lipinski definition) is 3. The van der Waals surface area contributed by atoms with Gasteiger partial charge < -0.3 is 16.0 Å². The molecule has 1 aromatic rings. The number of aryl methyl sites for hydroxylation is 2. The first-order valence-corrected chi connectivity index (χ1v) is 7.89. The molecule has 0 aromatic carbocycles. The molecule has 7 heteroatoms. The molecule has 1 aliphatic carbocycles. The Morgan fingerprint density at radius 1 is 1.23 bits per heavy atom. The van der Waals surface area contributed by atoms with Crippen molar-refractivity contribution in [2.75, 3.05) is 13.1 Å². The van der Waals surface area contributed by atoms with Crippen molar-refractivity contribution in [3.63, 3.8) is 0 Å². The van der Waals surface area contributed by atoms with E-state index in [1.807, 2.05) is 6.92 Å². The smallest absolute Gasteiger partial charge is 0.315 e. The molecule has 0 unspecified atom stereocenters. The molecule has 1 heterocycles. The van der Waals surface area contributed by atoms with Gasteiger partial charge in [0.15, 0.2) is 0 Å². The number of hydrogen-bond acceptors (Lipinski definition) is 3. The quantitative estimate of drug-likeness (QED) is 0.712. The molecule has 1 fully saturated rings. The summed E-state index contributed by atoms with van der Waals surface area (Å²) in [6.45, 7) is 2.67. The predicted octanol–water partition coefficient (Wildman–Crippen LogP) is 1.09. The van der Waals surface area contributed by atoms with Gasteiger partial charge in [0.1, 0.15) is 5.69 Å². The van der Waals surface area contributed by atoms with Crippen LogP contribution in [0.1, 0.15) is 48.3 Å². The number of carbonyl (C=O) groups is 2. The molecule has 0 saturated heterocycles. The SMILES string of the molecule is Cc1cc(C(=O)NCCNC(=O)NC2CCCCC2)nn1C. The molecule has 0 spiro atoms. The van der Waals surface area contributed by atoms with Gasteiger partial charge in [-0.05, 0) is 25.8 Å². The van der Waals surface area contributed by atoms with Crippen molar-refractivity contribution in [2.45, 2.75) is 45.1 Å². The van der Waals surface area contributed by atoms with Crippen LogP contribution in [0.25, 0.3) is 0 Å². The van der Waals surface area contributed by atoms with Crippen molar-refractivity contribution >= 4 is 11.9 Å². The van der Waals surface area contributed by atoms with E-state index in [-0.39, 0.29) is 11.9 Å². The zero-order chi connectivity index (χ0) is 15.9. The summed E-state index contributed by atoms with van der Waals surface area (Å²) in [4.78, 5) is 23.6. The lowest BCUT2D eigenvalue weighted by Crippen LogP contribution is -2.45. The third-order valence-corrected chi connectivity index (χ3v) is 3.98. The highest BCUT2D eigenvalue weighted by atomic mass is 16.2. The van der Waals surface area contributed by atoms with E-state index in [0.717, 1.165) is 18.5 Å². The second-order valence-electron chi connectivity index (χ2n) is 5.79. The van der Waals surface area contributed by atoms with Crippen LogP contribution in [0.15, 0.2) is 6.07 Å². The minimum Gasteiger partial charge on any atom is -0.349 e. The minimum atomic E-state index is -0.224. The van der Waals surface area contributed by atoms with Gasteiger partial charge in [0.05, 0.1) is 0 Å². The highest BCUT2D eigenvalue weighted by Gasteiger charge is 2.15. The van der Waals surface area contributed by atoms with E-state index in [0.29, 0.717) is 24.8 Å². The maximum absolute atomic E-state index is 11.9. The van der Waals surface area contributed by atoms with Gasteiger partial charge in [-0.1, -0.05) is 19.3 Å². The largest absolute Gasteiger partial charge is 0.349 e. The van der Waals surface area contributed by atoms with Crippen LogP contribution in [0.5, 0.6) is 0 Å². The number of nitrogens with zero attached hydrogens (tertiary/aromatic N) is 2. The molecular weight excluding hydrogens is 282 g/mol. The summed E-state index contributed by atoms with van der Waals surface area (Å²) < 4.78 is 1.66. The summed E-state index contributed by atoms with van der Waals surface area (Å²) in [5.74, 6) is -0.224. The first-order valence-electron chi connectivity index (χ1n) is 7.89. The van der Waals surface area contributed by atoms with E-state index >= 15 is 0 Å². The summed E-state index contributed by atoms with van der Waals surface area (Å²) in [7, 11) is 1.79. The van der Waals surface area contributed by atoms with E-state index in [2.05, 4.69) is 21.0 Å². The fourth-order valence-corrected chi connectivity index (χ4v) is 2.60. The monoisotopic (exact) mass is 307 g/mol. The van der Waals surface area contributed by atoms with Gasteiger partial charge in [-0.15, -0.1) is 0 Å². The molecular formula is C15H25N5O2. The zero-order valence-corrected chi connectivity index (χ0v) is 13.3. The Bertz CT molecular complexity index is 501. The normalized spacial score (nSPS) is 15.4. The van der Waals surface area contributed by atoms with Crippen LogP contribution in [0.4, 0.5) is 4.79 Å². The van der Waals surface area contributed by atoms with Crippen LogP contribution in [-0.4, -0.2) is 40.9 Å². The van der Waals surface area contributed by atoms with Crippen LogP contribution in [0.2, 0.25) is 0 Å². The van der Waals surface area contributed by atoms with Gasteiger partial charge in [0.25, 0.3) is 5.91 Å². The summed E-state index contributed by atoms with van der Waals surface area (Å²) in [6.07, 6.45) is 5.75. The number of rotatable bonds is 5. The second-order valence-corrected chi connectivity index (χ2v) is 5.79. The number of nitrogens with one attached hydrogen (secondary N) is 3. The number of amides is 3. The highest BCUT2D eigenvalue weighted by Crippen LogP contribution is 2.16. The van der Waals surface area contributed by atoms with Gasteiger partial charge in [-0.2, -0.15) is 5.10 Å². The fraction of sp³-hybridized carbons (Fsp3) is 0.667. The van der Waals surface area contributed by atoms with Gasteiger partial charge in [-0.25, -0.2) is 4.79 Å². The molecule has 0 atom stereocenters. The van der Waals surface area contributed by atoms with Crippen LogP contribution in [0.3, 0.4) is 0 Å². The Morgan fingerprint density at radius 2 is 1.91 bits per heavy atom. The molecule has 0 aliphatic heterocycles. The summed E-state index contributed by atoms with van der Waals surface area (Å²) >= 11 is 0. The molecule has 1 aromatic heterocycles. The van der Waals surface area contributed by atoms with E-state index in [1.54, 1.807) is 17.8 Å². The van der Waals surface area contributed by atoms with Crippen molar-refractivity contribution < 1.29 is 9.59 Å². The van der Waals surface area contributed by atoms with E-state index < -0.39 is 0 Å². The summed E-state index contributed by atoms with van der Waals surface area (Å²) in [5.41, 5.74) is 1.32. The lowest BCUT2D eigenvalue weighted by atomic mass is 9.96. The lowest BCUT2D eigenvalue weighted by Gasteiger charge is -2.22. The third-order valence-electron chi connectivity index (χ3n) is 3.98. The summed E-state index contributed by atoms with van der Waals surface area (Å²) in [5, 5.41) is 12.6. The van der Waals surface area contributed by atoms with Gasteiger partial charge in [0, 0.05) is 31.9 Å². The number of carbonyl (C=O) groups excluding carboxylic acids is 2.